The third-order valence-electron chi connectivity index (χ3n) is 16.9. The molecule has 0 saturated carbocycles. The Labute approximate surface area is 581 Å². The third kappa shape index (κ3) is 13.9. The van der Waals surface area contributed by atoms with Crippen molar-refractivity contribution in [3.63, 3.8) is 0 Å². The van der Waals surface area contributed by atoms with E-state index in [1.165, 1.54) is 23.1 Å². The van der Waals surface area contributed by atoms with Gasteiger partial charge in [-0.05, 0) is 127 Å². The molecule has 3 aliphatic heterocycles. The number of rotatable bonds is 7. The van der Waals surface area contributed by atoms with Gasteiger partial charge in [-0.15, -0.1) is 0 Å². The topological polar surface area (TPSA) is 364 Å². The highest BCUT2D eigenvalue weighted by Crippen LogP contribution is 2.32. The average molecular weight is 1390 g/mol. The first kappa shape index (κ1) is 71.0. The SMILES string of the molecule is C=C1Cn2c(nc3c(ncn3C(C)C)c2=O)N1.CC(C)n1cc(F)c2c1N=CCC2=O.CC(C)n1ccc2c(N)ccnc21.CC(C)n1ccc2c1N=CCC2=O.CC(C)n1cnc2c(=O)[nH]c3cccn3c21.CC(C)n1cnc2c(=O)[nH]cnc21.CC(C)n1cnc2c(=O)n3ccnc3[nH]c21. The van der Waals surface area contributed by atoms with Crippen LogP contribution in [0, 0.1) is 5.82 Å². The van der Waals surface area contributed by atoms with E-state index in [4.69, 9.17) is 5.73 Å². The third-order valence-corrected chi connectivity index (χ3v) is 16.9. The standard InChI is InChI=1S/C11H13N5O.C11H12N4O.C10H11FN2O.C10H11N5O.C10H13N3.C10H12N2O.C8H10N4O/c1-6(2)16-5-12-8-9(16)14-11-13-7(3)4-15(11)10(8)17;1-7(2)15-6-12-9-10(16)13-8-4-3-5-14(8)11(9)15;1-6(2)13-5-7(11)9-8(14)3-4-12-10(9)13;1-6(2)15-5-12-7-8(15)13-10-11-3-4-14(10)9(7)16;1-7(2)13-6-4-8-9(11)3-5-12-10(8)13;1-7(2)12-6-4-8-9(13)3-5-11-10(8)12;1-5(2)12-4-11-6-7(12)9-3-10-8(6)13/h5-6H,3-4H2,1-2H3,(H,13,14);3-7H,1-2H3,(H,13,16);4-6H,3H2,1-2H3;3-6H,1-2H3,(H,11,13);3-7H,1-2H3,(H2,11,12);4-7H,3H2,1-2H3;3-5H,1-2H3,(H,9,10,13). The van der Waals surface area contributed by atoms with Gasteiger partial charge in [0.2, 0.25) is 11.7 Å². The van der Waals surface area contributed by atoms with Crippen molar-refractivity contribution in [3.05, 3.63) is 176 Å². The summed E-state index contributed by atoms with van der Waals surface area (Å²) in [5, 5.41) is 4.04. The van der Waals surface area contributed by atoms with Gasteiger partial charge in [-0.3, -0.25) is 37.7 Å². The molecule has 3 aliphatic rings. The maximum absolute atomic E-state index is 13.4. The zero-order valence-electron chi connectivity index (χ0n) is 59.2. The molecule has 0 fully saturated rings. The number of hydrogen-bond acceptors (Lipinski definition) is 18. The molecular weight excluding hydrogens is 1310 g/mol. The summed E-state index contributed by atoms with van der Waals surface area (Å²) in [7, 11) is 0. The van der Waals surface area contributed by atoms with Gasteiger partial charge in [-0.25, -0.2) is 53.7 Å². The lowest BCUT2D eigenvalue weighted by Crippen LogP contribution is -2.19. The Morgan fingerprint density at radius 1 is 0.529 bits per heavy atom. The monoisotopic (exact) mass is 1390 g/mol. The molecule has 0 unspecified atom stereocenters. The Bertz CT molecular complexity index is 5770. The lowest BCUT2D eigenvalue weighted by atomic mass is 10.1. The Hall–Kier alpha value is -12.3. The molecule has 31 nitrogen and oxygen atoms in total. The van der Waals surface area contributed by atoms with Gasteiger partial charge in [-0.1, -0.05) is 6.58 Å². The molecule has 0 bridgehead atoms. The number of nitrogens with zero attached hydrogens (tertiary/aromatic N) is 20. The number of imidazole rings is 5. The molecular formula is C70H82FN25O6. The van der Waals surface area contributed by atoms with E-state index in [9.17, 15) is 33.2 Å². The van der Waals surface area contributed by atoms with Crippen LogP contribution in [0.4, 0.5) is 27.7 Å². The fourth-order valence-electron chi connectivity index (χ4n) is 11.7. The number of nitrogens with one attached hydrogen (secondary N) is 4. The smallest absolute Gasteiger partial charge is 0.287 e. The number of pyridine rings is 1. The van der Waals surface area contributed by atoms with E-state index in [1.54, 1.807) is 59.2 Å². The highest BCUT2D eigenvalue weighted by atomic mass is 19.1. The number of aliphatic imine (C=N–C) groups is 2. The number of hydrogen-bond donors (Lipinski definition) is 5. The first-order chi connectivity index (χ1) is 48.6. The maximum atomic E-state index is 13.4. The van der Waals surface area contributed by atoms with Crippen molar-refractivity contribution in [3.8, 4) is 0 Å². The van der Waals surface area contributed by atoms with Crippen LogP contribution in [-0.2, 0) is 6.54 Å². The molecule has 14 aromatic heterocycles. The highest BCUT2D eigenvalue weighted by Gasteiger charge is 2.26. The van der Waals surface area contributed by atoms with Gasteiger partial charge in [0.05, 0.1) is 49.3 Å². The number of nitrogens with two attached hydrogens (primary N) is 1. The van der Waals surface area contributed by atoms with Crippen LogP contribution in [-0.4, -0.2) is 124 Å². The van der Waals surface area contributed by atoms with Crippen LogP contribution in [0.15, 0.2) is 147 Å². The number of allylic oxidation sites excluding steroid dienone is 1. The molecule has 0 saturated heterocycles. The molecule has 0 radical (unpaired) electrons. The minimum Gasteiger partial charge on any atom is -0.398 e. The predicted octanol–water partition coefficient (Wildman–Crippen LogP) is 11.4. The second kappa shape index (κ2) is 29.3. The van der Waals surface area contributed by atoms with Crippen LogP contribution in [0.1, 0.15) is 173 Å². The first-order valence-electron chi connectivity index (χ1n) is 33.4. The molecule has 0 aromatic carbocycles. The Balaban J connectivity index is 0.000000120. The quantitative estimate of drug-likeness (QED) is 0.0989. The van der Waals surface area contributed by atoms with Crippen LogP contribution in [0.5, 0.6) is 0 Å². The van der Waals surface area contributed by atoms with Gasteiger partial charge >= 0.3 is 0 Å². The molecule has 17 rings (SSSR count). The normalized spacial score (nSPS) is 13.0. The molecule has 530 valence electrons. The number of aromatic amines is 3. The van der Waals surface area contributed by atoms with Gasteiger partial charge in [0.25, 0.3) is 22.2 Å². The lowest BCUT2D eigenvalue weighted by Gasteiger charge is -2.12. The van der Waals surface area contributed by atoms with E-state index < -0.39 is 5.82 Å². The number of nitrogen functional groups attached to an aromatic ring is 1. The van der Waals surface area contributed by atoms with Crippen molar-refractivity contribution < 1.29 is 14.0 Å². The molecule has 32 heteroatoms. The molecule has 0 aliphatic carbocycles. The number of Topliss-reactive ketones (excluding diaryl/α,β-unsaturated/α-hetero) is 2. The zero-order chi connectivity index (χ0) is 73.3. The van der Waals surface area contributed by atoms with Crippen molar-refractivity contribution in [2.24, 2.45) is 9.98 Å². The Morgan fingerprint density at radius 3 is 1.82 bits per heavy atom. The molecule has 17 heterocycles. The predicted molar refractivity (Wildman–Crippen MR) is 393 cm³/mol. The van der Waals surface area contributed by atoms with Gasteiger partial charge in [0, 0.05) is 128 Å². The number of carbonyl (C=O) groups is 2. The van der Waals surface area contributed by atoms with Crippen molar-refractivity contribution in [2.45, 2.75) is 159 Å². The van der Waals surface area contributed by atoms with Crippen LogP contribution in [0.2, 0.25) is 0 Å². The molecule has 0 amide bonds. The number of halogens is 1. The van der Waals surface area contributed by atoms with E-state index in [0.717, 1.165) is 50.7 Å². The van der Waals surface area contributed by atoms with Crippen molar-refractivity contribution in [1.29, 1.82) is 0 Å². The summed E-state index contributed by atoms with van der Waals surface area (Å²) in [4.78, 5) is 120. The summed E-state index contributed by atoms with van der Waals surface area (Å²) >= 11 is 0. The van der Waals surface area contributed by atoms with Crippen LogP contribution < -0.4 is 33.3 Å². The van der Waals surface area contributed by atoms with E-state index in [1.807, 2.05) is 132 Å². The maximum Gasteiger partial charge on any atom is 0.287 e. The summed E-state index contributed by atoms with van der Waals surface area (Å²) in [5.74, 6) is 1.88. The largest absolute Gasteiger partial charge is 0.398 e. The van der Waals surface area contributed by atoms with Gasteiger partial charge in [-0.2, -0.15) is 4.98 Å². The van der Waals surface area contributed by atoms with E-state index >= 15 is 0 Å². The van der Waals surface area contributed by atoms with E-state index in [0.29, 0.717) is 76.0 Å². The van der Waals surface area contributed by atoms with Crippen molar-refractivity contribution in [1.82, 2.24) is 100 Å². The first-order valence-corrected chi connectivity index (χ1v) is 33.4. The highest BCUT2D eigenvalue weighted by molar-refractivity contribution is 6.10. The van der Waals surface area contributed by atoms with Crippen LogP contribution in [0.25, 0.3) is 67.1 Å². The average Bonchev–Trinajstić information content (AvgIpc) is 1.62. The fourth-order valence-corrected chi connectivity index (χ4v) is 11.7. The second-order valence-corrected chi connectivity index (χ2v) is 26.3. The molecule has 14 aromatic rings. The van der Waals surface area contributed by atoms with E-state index in [2.05, 4.69) is 123 Å². The minimum atomic E-state index is -0.462. The summed E-state index contributed by atoms with van der Waals surface area (Å²) in [6.45, 7) is 32.8. The second-order valence-electron chi connectivity index (χ2n) is 26.3. The number of aromatic nitrogens is 21. The number of fused-ring (bicyclic) bond motifs is 11. The van der Waals surface area contributed by atoms with Crippen molar-refractivity contribution >= 4 is 114 Å². The summed E-state index contributed by atoms with van der Waals surface area (Å²) in [6, 6.07) is 11.4. The van der Waals surface area contributed by atoms with Crippen LogP contribution >= 0.6 is 0 Å². The fraction of sp³-hybridized carbons (Fsp3) is 0.343. The Morgan fingerprint density at radius 2 is 1.14 bits per heavy atom. The molecule has 0 atom stereocenters. The number of carbonyl (C=O) groups excluding carboxylic acids is 2. The van der Waals surface area contributed by atoms with Gasteiger partial charge < -0.3 is 58.0 Å². The van der Waals surface area contributed by atoms with E-state index in [-0.39, 0.29) is 76.0 Å². The molecule has 102 heavy (non-hydrogen) atoms. The summed E-state index contributed by atoms with van der Waals surface area (Å²) < 4.78 is 31.8. The van der Waals surface area contributed by atoms with Gasteiger partial charge in [0.15, 0.2) is 56.4 Å². The Kier molecular flexibility index (Phi) is 20.4. The summed E-state index contributed by atoms with van der Waals surface area (Å²) in [6.07, 6.45) is 24.1. The summed E-state index contributed by atoms with van der Waals surface area (Å²) in [5.41, 5.74) is 14.0. The van der Waals surface area contributed by atoms with Crippen LogP contribution in [0.3, 0.4) is 0 Å². The lowest BCUT2D eigenvalue weighted by molar-refractivity contribution is 0.0990. The number of H-pyrrole nitrogens is 3. The number of anilines is 2. The molecule has 0 spiro atoms. The zero-order valence-corrected chi connectivity index (χ0v) is 59.2. The van der Waals surface area contributed by atoms with Crippen molar-refractivity contribution in [2.75, 3.05) is 11.1 Å². The number of ketones is 2. The molecule has 6 N–H and O–H groups in total. The van der Waals surface area contributed by atoms with Gasteiger partial charge in [0.1, 0.15) is 28.6 Å². The minimum absolute atomic E-state index is 0.108.